The van der Waals surface area contributed by atoms with Gasteiger partial charge in [0.25, 0.3) is 5.56 Å². The minimum atomic E-state index is -0.133. The molecule has 0 amide bonds. The fraction of sp³-hybridized carbons (Fsp3) is 0.240. The van der Waals surface area contributed by atoms with E-state index in [0.717, 1.165) is 65.3 Å². The van der Waals surface area contributed by atoms with Gasteiger partial charge in [-0.25, -0.2) is 4.98 Å². The number of aliphatic hydroxyl groups excluding tert-OH is 1. The molecule has 0 radical (unpaired) electrons. The van der Waals surface area contributed by atoms with Gasteiger partial charge < -0.3 is 14.9 Å². The van der Waals surface area contributed by atoms with E-state index in [1.54, 1.807) is 0 Å². The first-order chi connectivity index (χ1) is 16.2. The standard InChI is InChI=1S/C25H23N5O2S/c31-15-14-28-10-12-29(13-11-28)23-19-9-5-4-8-18(19)22-26-24-21(25(32)30(22)27-23)20(16-33-24)17-6-2-1-3-7-17/h1-9,16,31H,10-15H2/p+1. The molecule has 0 bridgehead atoms. The highest BCUT2D eigenvalue weighted by atomic mass is 32.1. The number of aromatic nitrogens is 3. The fourth-order valence-electron chi connectivity index (χ4n) is 4.78. The van der Waals surface area contributed by atoms with Crippen molar-refractivity contribution in [3.8, 4) is 11.1 Å². The molecule has 0 unspecified atom stereocenters. The zero-order valence-corrected chi connectivity index (χ0v) is 18.9. The molecule has 3 aromatic heterocycles. The molecule has 166 valence electrons. The zero-order valence-electron chi connectivity index (χ0n) is 18.1. The van der Waals surface area contributed by atoms with Crippen molar-refractivity contribution in [3.63, 3.8) is 0 Å². The quantitative estimate of drug-likeness (QED) is 0.402. The van der Waals surface area contributed by atoms with Crippen molar-refractivity contribution in [1.29, 1.82) is 0 Å². The van der Waals surface area contributed by atoms with E-state index in [0.29, 0.717) is 11.0 Å². The fourth-order valence-corrected chi connectivity index (χ4v) is 5.72. The molecule has 0 spiro atoms. The minimum Gasteiger partial charge on any atom is -0.391 e. The summed E-state index contributed by atoms with van der Waals surface area (Å²) in [7, 11) is 0. The predicted octanol–water partition coefficient (Wildman–Crippen LogP) is 1.82. The number of nitrogens with zero attached hydrogens (tertiary/aromatic N) is 4. The SMILES string of the molecule is O=c1c2c(-c3ccccc3)csc2nc2c3ccccc3c(N3CC[NH+](CCO)CC3)nn12. The summed E-state index contributed by atoms with van der Waals surface area (Å²) in [6.45, 7) is 4.49. The average Bonchev–Trinajstić information content (AvgIpc) is 3.30. The molecule has 2 N–H and O–H groups in total. The van der Waals surface area contributed by atoms with Gasteiger partial charge in [0.2, 0.25) is 0 Å². The van der Waals surface area contributed by atoms with Crippen molar-refractivity contribution < 1.29 is 10.0 Å². The van der Waals surface area contributed by atoms with Gasteiger partial charge in [-0.15, -0.1) is 16.4 Å². The number of thiophene rings is 1. The van der Waals surface area contributed by atoms with Crippen LogP contribution in [0.2, 0.25) is 0 Å². The number of anilines is 1. The molecule has 5 aromatic rings. The molecule has 1 saturated heterocycles. The molecular weight excluding hydrogens is 434 g/mol. The topological polar surface area (TPSA) is 75.2 Å². The number of piperazine rings is 1. The maximum absolute atomic E-state index is 13.8. The van der Waals surface area contributed by atoms with Gasteiger partial charge >= 0.3 is 0 Å². The Kier molecular flexibility index (Phi) is 5.05. The number of hydrogen-bond donors (Lipinski definition) is 2. The van der Waals surface area contributed by atoms with E-state index in [4.69, 9.17) is 10.1 Å². The Bertz CT molecular complexity index is 1520. The lowest BCUT2D eigenvalue weighted by Crippen LogP contribution is -3.15. The molecule has 0 aliphatic carbocycles. The van der Waals surface area contributed by atoms with Crippen LogP contribution in [0, 0.1) is 0 Å². The van der Waals surface area contributed by atoms with Gasteiger partial charge in [-0.3, -0.25) is 4.79 Å². The van der Waals surface area contributed by atoms with E-state index >= 15 is 0 Å². The van der Waals surface area contributed by atoms with E-state index < -0.39 is 0 Å². The second kappa shape index (κ2) is 8.22. The lowest BCUT2D eigenvalue weighted by atomic mass is 10.1. The highest BCUT2D eigenvalue weighted by Gasteiger charge is 2.24. The Morgan fingerprint density at radius 2 is 1.73 bits per heavy atom. The molecule has 1 aliphatic rings. The monoisotopic (exact) mass is 458 g/mol. The van der Waals surface area contributed by atoms with Gasteiger partial charge in [0.1, 0.15) is 11.4 Å². The number of quaternary nitrogens is 1. The maximum Gasteiger partial charge on any atom is 0.283 e. The molecule has 1 aliphatic heterocycles. The van der Waals surface area contributed by atoms with Crippen LogP contribution in [-0.2, 0) is 0 Å². The molecule has 7 nitrogen and oxygen atoms in total. The first kappa shape index (κ1) is 20.3. The molecule has 0 saturated carbocycles. The van der Waals surface area contributed by atoms with Crippen LogP contribution < -0.4 is 15.4 Å². The Balaban J connectivity index is 1.57. The Morgan fingerprint density at radius 3 is 2.48 bits per heavy atom. The lowest BCUT2D eigenvalue weighted by molar-refractivity contribution is -0.900. The second-order valence-corrected chi connectivity index (χ2v) is 9.29. The summed E-state index contributed by atoms with van der Waals surface area (Å²) in [6, 6.07) is 18.0. The maximum atomic E-state index is 13.8. The minimum absolute atomic E-state index is 0.133. The number of fused-ring (bicyclic) bond motifs is 4. The third-order valence-electron chi connectivity index (χ3n) is 6.51. The number of hydrogen-bond acceptors (Lipinski definition) is 6. The summed E-state index contributed by atoms with van der Waals surface area (Å²) in [5.41, 5.74) is 2.37. The number of nitrogens with one attached hydrogen (secondary N) is 1. The number of benzene rings is 2. The average molecular weight is 459 g/mol. The summed E-state index contributed by atoms with van der Waals surface area (Å²) >= 11 is 1.50. The van der Waals surface area contributed by atoms with Gasteiger partial charge in [0, 0.05) is 21.7 Å². The van der Waals surface area contributed by atoms with Crippen LogP contribution in [0.5, 0.6) is 0 Å². The van der Waals surface area contributed by atoms with Gasteiger partial charge in [-0.2, -0.15) is 4.52 Å². The summed E-state index contributed by atoms with van der Waals surface area (Å²) < 4.78 is 1.49. The molecule has 2 aromatic carbocycles. The van der Waals surface area contributed by atoms with Crippen LogP contribution in [0.1, 0.15) is 0 Å². The highest BCUT2D eigenvalue weighted by Crippen LogP contribution is 2.33. The molecule has 1 fully saturated rings. The van der Waals surface area contributed by atoms with Crippen molar-refractivity contribution in [2.75, 3.05) is 44.2 Å². The molecule has 33 heavy (non-hydrogen) atoms. The van der Waals surface area contributed by atoms with Crippen molar-refractivity contribution in [1.82, 2.24) is 14.6 Å². The van der Waals surface area contributed by atoms with Crippen LogP contribution in [0.15, 0.2) is 64.8 Å². The summed E-state index contributed by atoms with van der Waals surface area (Å²) in [4.78, 5) is 23.1. The predicted molar refractivity (Wildman–Crippen MR) is 132 cm³/mol. The van der Waals surface area contributed by atoms with Crippen LogP contribution >= 0.6 is 11.3 Å². The van der Waals surface area contributed by atoms with Gasteiger partial charge in [0.05, 0.1) is 38.2 Å². The number of rotatable bonds is 4. The van der Waals surface area contributed by atoms with Crippen LogP contribution in [0.25, 0.3) is 37.8 Å². The first-order valence-electron chi connectivity index (χ1n) is 11.2. The largest absolute Gasteiger partial charge is 0.391 e. The van der Waals surface area contributed by atoms with E-state index in [1.807, 2.05) is 53.9 Å². The smallest absolute Gasteiger partial charge is 0.283 e. The first-order valence-corrected chi connectivity index (χ1v) is 12.1. The third kappa shape index (κ3) is 3.38. The van der Waals surface area contributed by atoms with Crippen molar-refractivity contribution in [2.45, 2.75) is 0 Å². The van der Waals surface area contributed by atoms with Gasteiger partial charge in [-0.05, 0) is 5.56 Å². The van der Waals surface area contributed by atoms with E-state index in [9.17, 15) is 9.90 Å². The molecule has 8 heteroatoms. The van der Waals surface area contributed by atoms with E-state index in [2.05, 4.69) is 11.0 Å². The summed E-state index contributed by atoms with van der Waals surface area (Å²) in [5, 5.41) is 18.7. The van der Waals surface area contributed by atoms with Crippen LogP contribution in [-0.4, -0.2) is 59.0 Å². The highest BCUT2D eigenvalue weighted by molar-refractivity contribution is 7.17. The molecule has 0 atom stereocenters. The van der Waals surface area contributed by atoms with Crippen molar-refractivity contribution >= 4 is 43.8 Å². The van der Waals surface area contributed by atoms with E-state index in [1.165, 1.54) is 20.8 Å². The Labute approximate surface area is 194 Å². The number of aliphatic hydroxyl groups is 1. The van der Waals surface area contributed by atoms with Gasteiger partial charge in [0.15, 0.2) is 11.5 Å². The summed E-state index contributed by atoms with van der Waals surface area (Å²) in [6.07, 6.45) is 0. The van der Waals surface area contributed by atoms with E-state index in [-0.39, 0.29) is 12.2 Å². The Morgan fingerprint density at radius 1 is 1.00 bits per heavy atom. The third-order valence-corrected chi connectivity index (χ3v) is 7.38. The molecule has 6 rings (SSSR count). The van der Waals surface area contributed by atoms with Crippen LogP contribution in [0.3, 0.4) is 0 Å². The summed E-state index contributed by atoms with van der Waals surface area (Å²) in [5.74, 6) is 0.820. The van der Waals surface area contributed by atoms with Crippen LogP contribution in [0.4, 0.5) is 5.82 Å². The van der Waals surface area contributed by atoms with Crippen molar-refractivity contribution in [3.05, 3.63) is 70.3 Å². The zero-order chi connectivity index (χ0) is 22.4. The molecular formula is C25H24N5O2S+. The second-order valence-electron chi connectivity index (χ2n) is 8.43. The Hall–Kier alpha value is -3.33. The normalized spacial score (nSPS) is 15.1. The van der Waals surface area contributed by atoms with Crippen molar-refractivity contribution in [2.24, 2.45) is 0 Å². The lowest BCUT2D eigenvalue weighted by Gasteiger charge is -2.33. The van der Waals surface area contributed by atoms with Gasteiger partial charge in [-0.1, -0.05) is 54.6 Å². The molecule has 4 heterocycles.